The number of hydrazone groups is 1. The minimum absolute atomic E-state index is 0.355. The molecule has 0 radical (unpaired) electrons. The highest BCUT2D eigenvalue weighted by molar-refractivity contribution is 6.30. The Balaban J connectivity index is 1.24. The maximum atomic E-state index is 12.4. The molecule has 0 bridgehead atoms. The van der Waals surface area contributed by atoms with Crippen molar-refractivity contribution in [3.05, 3.63) is 124 Å². The van der Waals surface area contributed by atoms with Gasteiger partial charge in [0.15, 0.2) is 0 Å². The molecule has 4 aromatic rings. The number of esters is 1. The summed E-state index contributed by atoms with van der Waals surface area (Å²) in [5, 5.41) is 4.67. The van der Waals surface area contributed by atoms with Crippen LogP contribution in [0.2, 0.25) is 5.02 Å². The Morgan fingerprint density at radius 3 is 1.97 bits per heavy atom. The van der Waals surface area contributed by atoms with Gasteiger partial charge >= 0.3 is 5.97 Å². The summed E-state index contributed by atoms with van der Waals surface area (Å²) < 4.78 is 16.5. The summed E-state index contributed by atoms with van der Waals surface area (Å²) in [5.41, 5.74) is 5.06. The fourth-order valence-electron chi connectivity index (χ4n) is 3.32. The fraction of sp³-hybridized carbons (Fsp3) is 0.100. The van der Waals surface area contributed by atoms with Gasteiger partial charge in [-0.3, -0.25) is 4.79 Å². The summed E-state index contributed by atoms with van der Waals surface area (Å²) in [4.78, 5) is 24.7. The Kier molecular flexibility index (Phi) is 9.10. The zero-order valence-electron chi connectivity index (χ0n) is 20.6. The van der Waals surface area contributed by atoms with Gasteiger partial charge in [-0.25, -0.2) is 10.2 Å². The van der Waals surface area contributed by atoms with Crippen molar-refractivity contribution < 1.29 is 23.8 Å². The molecule has 0 aromatic heterocycles. The number of rotatable bonds is 10. The van der Waals surface area contributed by atoms with E-state index in [-0.39, 0.29) is 5.91 Å². The number of hydrogen-bond donors (Lipinski definition) is 1. The summed E-state index contributed by atoms with van der Waals surface area (Å²) >= 11 is 5.89. The summed E-state index contributed by atoms with van der Waals surface area (Å²) in [6, 6.07) is 27.7. The number of halogens is 1. The lowest BCUT2D eigenvalue weighted by Gasteiger charge is -2.07. The Morgan fingerprint density at radius 2 is 1.34 bits per heavy atom. The van der Waals surface area contributed by atoms with E-state index in [0.717, 1.165) is 11.1 Å². The number of amides is 1. The van der Waals surface area contributed by atoms with Gasteiger partial charge in [0, 0.05) is 10.6 Å². The molecule has 1 amide bonds. The molecule has 0 aliphatic carbocycles. The first-order valence-corrected chi connectivity index (χ1v) is 12.2. The van der Waals surface area contributed by atoms with Crippen LogP contribution < -0.4 is 19.6 Å². The third-order valence-corrected chi connectivity index (χ3v) is 5.56. The first-order valence-electron chi connectivity index (χ1n) is 11.9. The van der Waals surface area contributed by atoms with Gasteiger partial charge in [0.1, 0.15) is 23.9 Å². The zero-order valence-corrected chi connectivity index (χ0v) is 21.4. The van der Waals surface area contributed by atoms with Crippen LogP contribution in [0.1, 0.15) is 38.8 Å². The number of nitrogens with one attached hydrogen (secondary N) is 1. The van der Waals surface area contributed by atoms with E-state index in [9.17, 15) is 9.59 Å². The second kappa shape index (κ2) is 13.1. The number of nitrogens with zero attached hydrogens (tertiary/aromatic N) is 1. The standard InChI is InChI=1S/C30H25ClN2O5/c1-2-36-26-17-9-24(10-18-26)30(35)38-28-13-5-21(6-14-28)19-32-33-29(34)23-7-15-27(16-8-23)37-20-22-3-11-25(31)12-4-22/h3-19H,2,20H2,1H3,(H,33,34). The molecular weight excluding hydrogens is 504 g/mol. The van der Waals surface area contributed by atoms with Gasteiger partial charge < -0.3 is 14.2 Å². The topological polar surface area (TPSA) is 86.2 Å². The molecule has 0 aliphatic rings. The van der Waals surface area contributed by atoms with E-state index < -0.39 is 5.97 Å². The van der Waals surface area contributed by atoms with E-state index in [1.165, 1.54) is 6.21 Å². The maximum absolute atomic E-state index is 12.4. The minimum atomic E-state index is -0.469. The summed E-state index contributed by atoms with van der Waals surface area (Å²) in [7, 11) is 0. The van der Waals surface area contributed by atoms with E-state index in [4.69, 9.17) is 25.8 Å². The van der Waals surface area contributed by atoms with Gasteiger partial charge in [-0.1, -0.05) is 23.7 Å². The van der Waals surface area contributed by atoms with Crippen molar-refractivity contribution in [3.63, 3.8) is 0 Å². The van der Waals surface area contributed by atoms with Crippen LogP contribution >= 0.6 is 11.6 Å². The van der Waals surface area contributed by atoms with E-state index in [1.807, 2.05) is 31.2 Å². The van der Waals surface area contributed by atoms with Crippen molar-refractivity contribution >= 4 is 29.7 Å². The third-order valence-electron chi connectivity index (χ3n) is 5.31. The van der Waals surface area contributed by atoms with Crippen LogP contribution in [0.5, 0.6) is 17.2 Å². The molecule has 192 valence electrons. The van der Waals surface area contributed by atoms with Gasteiger partial charge in [0.05, 0.1) is 18.4 Å². The molecule has 0 aliphatic heterocycles. The lowest BCUT2D eigenvalue weighted by molar-refractivity contribution is 0.0734. The first-order chi connectivity index (χ1) is 18.5. The maximum Gasteiger partial charge on any atom is 0.343 e. The van der Waals surface area contributed by atoms with Crippen molar-refractivity contribution in [2.24, 2.45) is 5.10 Å². The van der Waals surface area contributed by atoms with Crippen LogP contribution in [0.15, 0.2) is 102 Å². The lowest BCUT2D eigenvalue weighted by atomic mass is 10.2. The highest BCUT2D eigenvalue weighted by Crippen LogP contribution is 2.17. The van der Waals surface area contributed by atoms with Crippen LogP contribution in [-0.4, -0.2) is 24.7 Å². The number of ether oxygens (including phenoxy) is 3. The molecule has 0 spiro atoms. The van der Waals surface area contributed by atoms with E-state index in [0.29, 0.717) is 46.6 Å². The lowest BCUT2D eigenvalue weighted by Crippen LogP contribution is -2.17. The molecule has 8 heteroatoms. The number of hydrogen-bond acceptors (Lipinski definition) is 6. The van der Waals surface area contributed by atoms with E-state index in [1.54, 1.807) is 72.8 Å². The van der Waals surface area contributed by atoms with Crippen molar-refractivity contribution in [3.8, 4) is 17.2 Å². The van der Waals surface area contributed by atoms with Gasteiger partial charge in [0.25, 0.3) is 5.91 Å². The second-order valence-corrected chi connectivity index (χ2v) is 8.49. The van der Waals surface area contributed by atoms with Crippen LogP contribution in [0.4, 0.5) is 0 Å². The monoisotopic (exact) mass is 528 g/mol. The minimum Gasteiger partial charge on any atom is -0.494 e. The highest BCUT2D eigenvalue weighted by atomic mass is 35.5. The van der Waals surface area contributed by atoms with Crippen molar-refractivity contribution in [2.75, 3.05) is 6.61 Å². The summed E-state index contributed by atoms with van der Waals surface area (Å²) in [6.45, 7) is 2.84. The number of carbonyl (C=O) groups is 2. The average Bonchev–Trinajstić information content (AvgIpc) is 2.94. The average molecular weight is 529 g/mol. The van der Waals surface area contributed by atoms with Crippen molar-refractivity contribution in [2.45, 2.75) is 13.5 Å². The number of carbonyl (C=O) groups excluding carboxylic acids is 2. The molecule has 0 saturated heterocycles. The second-order valence-electron chi connectivity index (χ2n) is 8.05. The molecule has 38 heavy (non-hydrogen) atoms. The molecule has 0 fully saturated rings. The fourth-order valence-corrected chi connectivity index (χ4v) is 3.45. The predicted molar refractivity (Wildman–Crippen MR) is 146 cm³/mol. The molecule has 4 rings (SSSR count). The first kappa shape index (κ1) is 26.4. The SMILES string of the molecule is CCOc1ccc(C(=O)Oc2ccc(C=NNC(=O)c3ccc(OCc4ccc(Cl)cc4)cc3)cc2)cc1. The summed E-state index contributed by atoms with van der Waals surface area (Å²) in [6.07, 6.45) is 1.50. The molecule has 0 atom stereocenters. The smallest absolute Gasteiger partial charge is 0.343 e. The number of benzene rings is 4. The summed E-state index contributed by atoms with van der Waals surface area (Å²) in [5.74, 6) is 0.900. The van der Waals surface area contributed by atoms with Crippen molar-refractivity contribution in [1.82, 2.24) is 5.43 Å². The molecule has 0 heterocycles. The Bertz CT molecular complexity index is 1390. The highest BCUT2D eigenvalue weighted by Gasteiger charge is 2.09. The van der Waals surface area contributed by atoms with Crippen molar-refractivity contribution in [1.29, 1.82) is 0 Å². The van der Waals surface area contributed by atoms with E-state index in [2.05, 4.69) is 10.5 Å². The Labute approximate surface area is 225 Å². The molecular formula is C30H25ClN2O5. The molecule has 0 unspecified atom stereocenters. The Morgan fingerprint density at radius 1 is 0.763 bits per heavy atom. The zero-order chi connectivity index (χ0) is 26.7. The largest absolute Gasteiger partial charge is 0.494 e. The normalized spacial score (nSPS) is 10.7. The van der Waals surface area contributed by atoms with Crippen LogP contribution in [0, 0.1) is 0 Å². The predicted octanol–water partition coefficient (Wildman–Crippen LogP) is 6.30. The molecule has 4 aromatic carbocycles. The van der Waals surface area contributed by atoms with Gasteiger partial charge in [-0.15, -0.1) is 0 Å². The Hall–Kier alpha value is -4.62. The quantitative estimate of drug-likeness (QED) is 0.113. The van der Waals surface area contributed by atoms with Crippen LogP contribution in [0.25, 0.3) is 0 Å². The van der Waals surface area contributed by atoms with Gasteiger partial charge in [-0.2, -0.15) is 5.10 Å². The van der Waals surface area contributed by atoms with Crippen LogP contribution in [-0.2, 0) is 6.61 Å². The van der Waals surface area contributed by atoms with Gasteiger partial charge in [0.2, 0.25) is 0 Å². The third kappa shape index (κ3) is 7.69. The van der Waals surface area contributed by atoms with E-state index >= 15 is 0 Å². The molecule has 1 N–H and O–H groups in total. The molecule has 0 saturated carbocycles. The van der Waals surface area contributed by atoms with Crippen LogP contribution in [0.3, 0.4) is 0 Å². The van der Waals surface area contributed by atoms with Gasteiger partial charge in [-0.05, 0) is 103 Å². The molecule has 7 nitrogen and oxygen atoms in total.